The fourth-order valence-electron chi connectivity index (χ4n) is 5.45. The largest absolute Gasteiger partial charge is 0.497 e. The predicted octanol–water partition coefficient (Wildman–Crippen LogP) is 6.68. The molecule has 1 saturated heterocycles. The Balaban J connectivity index is 1.40. The van der Waals surface area contributed by atoms with E-state index in [1.165, 1.54) is 13.2 Å². The van der Waals surface area contributed by atoms with Gasteiger partial charge in [0.25, 0.3) is 0 Å². The van der Waals surface area contributed by atoms with Gasteiger partial charge in [0.2, 0.25) is 17.7 Å². The van der Waals surface area contributed by atoms with Crippen LogP contribution in [0.2, 0.25) is 10.0 Å². The van der Waals surface area contributed by atoms with E-state index in [2.05, 4.69) is 5.32 Å². The van der Waals surface area contributed by atoms with Crippen LogP contribution in [0.4, 0.5) is 24.5 Å². The molecule has 232 valence electrons. The average Bonchev–Trinajstić information content (AvgIpc) is 3.44. The molecule has 2 aliphatic heterocycles. The Morgan fingerprint density at radius 3 is 2.40 bits per heavy atom. The minimum Gasteiger partial charge on any atom is -0.497 e. The summed E-state index contributed by atoms with van der Waals surface area (Å²) < 4.78 is 45.9. The Morgan fingerprint density at radius 1 is 1.00 bits per heavy atom. The van der Waals surface area contributed by atoms with E-state index in [-0.39, 0.29) is 20.8 Å². The summed E-state index contributed by atoms with van der Waals surface area (Å²) in [5.41, 5.74) is -0.285. The molecule has 0 radical (unpaired) electrons. The summed E-state index contributed by atoms with van der Waals surface area (Å²) in [6.45, 7) is -0.550. The van der Waals surface area contributed by atoms with Crippen molar-refractivity contribution in [3.05, 3.63) is 102 Å². The van der Waals surface area contributed by atoms with E-state index in [4.69, 9.17) is 27.9 Å². The summed E-state index contributed by atoms with van der Waals surface area (Å²) in [6, 6.07) is 15.4. The average molecular weight is 695 g/mol. The number of fused-ring (bicyclic) bond motifs is 2. The highest BCUT2D eigenvalue weighted by atomic mass is 35.5. The standard InChI is InChI=1S/C30H20Cl2F3N3O5S2/c1-43-17-10-8-16(9-11-17)38-26(40)22-21(18-6-3-7-19(31)23(18)32)25-28(44-24(22)27(38)41)37(29(42)45-25)13-20(39)36-15-5-2-4-14(12-15)30(33,34)35/h2-12,21-22,24H,13H2,1H3,(H,36,39)/t21-,22-,24+/m0/s1. The number of nitrogens with zero attached hydrogens (tertiary/aromatic N) is 2. The van der Waals surface area contributed by atoms with Crippen LogP contribution >= 0.6 is 46.3 Å². The minimum atomic E-state index is -4.61. The van der Waals surface area contributed by atoms with Gasteiger partial charge in [0.15, 0.2) is 0 Å². The van der Waals surface area contributed by atoms with E-state index < -0.39 is 58.0 Å². The zero-order chi connectivity index (χ0) is 32.2. The monoisotopic (exact) mass is 693 g/mol. The zero-order valence-electron chi connectivity index (χ0n) is 22.9. The van der Waals surface area contributed by atoms with Crippen molar-refractivity contribution in [2.45, 2.75) is 28.9 Å². The Hall–Kier alpha value is -3.78. The van der Waals surface area contributed by atoms with E-state index in [1.54, 1.807) is 42.5 Å². The third-order valence-corrected chi connectivity index (χ3v) is 10.9. The summed E-state index contributed by atoms with van der Waals surface area (Å²) in [7, 11) is 1.49. The Bertz CT molecular complexity index is 1910. The molecule has 3 amide bonds. The summed E-state index contributed by atoms with van der Waals surface area (Å²) in [5.74, 6) is -3.06. The van der Waals surface area contributed by atoms with Gasteiger partial charge in [-0.15, -0.1) is 0 Å². The molecule has 3 atom stereocenters. The molecule has 8 nitrogen and oxygen atoms in total. The molecule has 1 aromatic heterocycles. The van der Waals surface area contributed by atoms with Gasteiger partial charge in [-0.05, 0) is 54.1 Å². The number of imide groups is 1. The van der Waals surface area contributed by atoms with Crippen LogP contribution in [0, 0.1) is 5.92 Å². The molecule has 45 heavy (non-hydrogen) atoms. The number of aromatic nitrogens is 1. The highest BCUT2D eigenvalue weighted by Crippen LogP contribution is 2.55. The molecule has 1 N–H and O–H groups in total. The number of thioether (sulfide) groups is 1. The van der Waals surface area contributed by atoms with Crippen molar-refractivity contribution in [2.24, 2.45) is 5.92 Å². The molecule has 0 aliphatic carbocycles. The first-order valence-corrected chi connectivity index (χ1v) is 15.7. The maximum Gasteiger partial charge on any atom is 0.416 e. The second kappa shape index (κ2) is 11.9. The minimum absolute atomic E-state index is 0.102. The molecule has 3 heterocycles. The first-order valence-electron chi connectivity index (χ1n) is 13.2. The Labute approximate surface area is 271 Å². The van der Waals surface area contributed by atoms with E-state index in [9.17, 15) is 32.3 Å². The van der Waals surface area contributed by atoms with E-state index in [0.29, 0.717) is 21.9 Å². The van der Waals surface area contributed by atoms with E-state index in [0.717, 1.165) is 50.8 Å². The van der Waals surface area contributed by atoms with Gasteiger partial charge < -0.3 is 10.1 Å². The maximum atomic E-state index is 14.0. The number of carbonyl (C=O) groups excluding carboxylic acids is 3. The van der Waals surface area contributed by atoms with Crippen LogP contribution in [-0.4, -0.2) is 34.6 Å². The van der Waals surface area contributed by atoms with E-state index in [1.807, 2.05) is 0 Å². The van der Waals surface area contributed by atoms with Gasteiger partial charge in [0.05, 0.1) is 39.3 Å². The fraction of sp³-hybridized carbons (Fsp3) is 0.200. The highest BCUT2D eigenvalue weighted by molar-refractivity contribution is 8.00. The molecule has 0 saturated carbocycles. The lowest BCUT2D eigenvalue weighted by molar-refractivity contribution is -0.137. The van der Waals surface area contributed by atoms with Crippen LogP contribution in [-0.2, 0) is 27.1 Å². The number of halogens is 5. The molecular formula is C30H20Cl2F3N3O5S2. The summed E-state index contributed by atoms with van der Waals surface area (Å²) in [4.78, 5) is 55.2. The van der Waals surface area contributed by atoms with E-state index >= 15 is 0 Å². The molecule has 6 rings (SSSR count). The van der Waals surface area contributed by atoms with Crippen LogP contribution < -0.4 is 19.8 Å². The maximum absolute atomic E-state index is 14.0. The van der Waals surface area contributed by atoms with Crippen LogP contribution in [0.15, 0.2) is 76.6 Å². The van der Waals surface area contributed by atoms with Gasteiger partial charge in [-0.2, -0.15) is 13.2 Å². The number of alkyl halides is 3. The number of nitrogens with one attached hydrogen (secondary N) is 1. The molecule has 15 heteroatoms. The molecule has 3 aromatic carbocycles. The van der Waals surface area contributed by atoms with Crippen molar-refractivity contribution < 1.29 is 32.3 Å². The predicted molar refractivity (Wildman–Crippen MR) is 166 cm³/mol. The Morgan fingerprint density at radius 2 is 1.71 bits per heavy atom. The van der Waals surface area contributed by atoms with Gasteiger partial charge >= 0.3 is 11.0 Å². The number of rotatable bonds is 6. The number of anilines is 2. The summed E-state index contributed by atoms with van der Waals surface area (Å²) in [5, 5.41) is 2.06. The number of amides is 3. The van der Waals surface area contributed by atoms with Crippen LogP contribution in [0.3, 0.4) is 0 Å². The number of hydrogen-bond acceptors (Lipinski definition) is 7. The van der Waals surface area contributed by atoms with Crippen LogP contribution in [0.25, 0.3) is 0 Å². The van der Waals surface area contributed by atoms with Crippen molar-refractivity contribution in [1.82, 2.24) is 4.57 Å². The lowest BCUT2D eigenvalue weighted by atomic mass is 9.83. The normalized spacial score (nSPS) is 19.3. The topological polar surface area (TPSA) is 97.7 Å². The molecule has 4 aromatic rings. The van der Waals surface area contributed by atoms with Gasteiger partial charge in [-0.1, -0.05) is 64.5 Å². The zero-order valence-corrected chi connectivity index (χ0v) is 26.1. The van der Waals surface area contributed by atoms with Crippen molar-refractivity contribution in [3.8, 4) is 5.75 Å². The highest BCUT2D eigenvalue weighted by Gasteiger charge is 2.57. The quantitative estimate of drug-likeness (QED) is 0.227. The van der Waals surface area contributed by atoms with Crippen molar-refractivity contribution in [2.75, 3.05) is 17.3 Å². The van der Waals surface area contributed by atoms with Gasteiger partial charge in [0.1, 0.15) is 17.5 Å². The fourth-order valence-corrected chi connectivity index (χ4v) is 8.64. The number of methoxy groups -OCH3 is 1. The third-order valence-electron chi connectivity index (χ3n) is 7.47. The van der Waals surface area contributed by atoms with Crippen LogP contribution in [0.5, 0.6) is 5.75 Å². The van der Waals surface area contributed by atoms with Crippen molar-refractivity contribution >= 4 is 75.4 Å². The lowest BCUT2D eigenvalue weighted by Crippen LogP contribution is -2.33. The second-order valence-electron chi connectivity index (χ2n) is 10.1. The second-order valence-corrected chi connectivity index (χ2v) is 13.1. The van der Waals surface area contributed by atoms with Gasteiger partial charge in [0, 0.05) is 16.5 Å². The first-order chi connectivity index (χ1) is 21.4. The molecule has 1 fully saturated rings. The number of hydrogen-bond donors (Lipinski definition) is 1. The molecule has 0 spiro atoms. The van der Waals surface area contributed by atoms with Crippen molar-refractivity contribution in [3.63, 3.8) is 0 Å². The molecule has 0 unspecified atom stereocenters. The molecule has 0 bridgehead atoms. The summed E-state index contributed by atoms with van der Waals surface area (Å²) in [6.07, 6.45) is -4.61. The molecular weight excluding hydrogens is 674 g/mol. The number of thiazole rings is 1. The van der Waals surface area contributed by atoms with Gasteiger partial charge in [-0.3, -0.25) is 23.7 Å². The number of ether oxygens (including phenoxy) is 1. The smallest absolute Gasteiger partial charge is 0.416 e. The summed E-state index contributed by atoms with van der Waals surface area (Å²) >= 11 is 14.8. The first kappa shape index (κ1) is 31.2. The molecule has 2 aliphatic rings. The van der Waals surface area contributed by atoms with Crippen LogP contribution in [0.1, 0.15) is 21.9 Å². The lowest BCUT2D eigenvalue weighted by Gasteiger charge is -2.31. The number of benzene rings is 3. The third kappa shape index (κ3) is 5.62. The van der Waals surface area contributed by atoms with Gasteiger partial charge in [-0.25, -0.2) is 4.90 Å². The Kier molecular flexibility index (Phi) is 8.23. The van der Waals surface area contributed by atoms with Crippen molar-refractivity contribution in [1.29, 1.82) is 0 Å². The number of carbonyl (C=O) groups is 3. The SMILES string of the molecule is COc1ccc(N2C(=O)[C@H]3[C@H](c4cccc(Cl)c4Cl)c4sc(=O)n(CC(=O)Nc5cccc(C(F)(F)F)c5)c4S[C@H]3C2=O)cc1.